The first kappa shape index (κ1) is 23.7. The minimum Gasteiger partial charge on any atom is -0.493 e. The average molecular weight is 438 g/mol. The van der Waals surface area contributed by atoms with Crippen molar-refractivity contribution in [3.63, 3.8) is 0 Å². The molecule has 1 amide bonds. The van der Waals surface area contributed by atoms with Crippen molar-refractivity contribution in [3.05, 3.63) is 23.8 Å². The number of methoxy groups -OCH3 is 1. The molecule has 0 radical (unpaired) electrons. The van der Waals surface area contributed by atoms with E-state index < -0.39 is 11.7 Å². The van der Waals surface area contributed by atoms with Gasteiger partial charge in [0, 0.05) is 52.7 Å². The smallest absolute Gasteiger partial charge is 0.216 e. The number of nitrogens with zero attached hydrogens (tertiary/aromatic N) is 2. The molecular weight excluding hydrogens is 402 g/mol. The Balaban J connectivity index is 1.51. The van der Waals surface area contributed by atoms with Gasteiger partial charge in [-0.1, -0.05) is 6.07 Å². The van der Waals surface area contributed by atoms with Crippen LogP contribution in [0.4, 0.5) is 0 Å². The molecule has 0 unspecified atom stereocenters. The quantitative estimate of drug-likeness (QED) is 0.490. The Hall–Kier alpha value is -1.91. The Labute approximate surface area is 183 Å². The number of amides is 1. The molecule has 1 aromatic carbocycles. The maximum absolute atomic E-state index is 11.1. The number of β-amino-alcohol motifs (C(OH)–C–C–N with tert-alkyl or cyclic N) is 1. The Morgan fingerprint density at radius 1 is 1.26 bits per heavy atom. The van der Waals surface area contributed by atoms with Crippen molar-refractivity contribution in [1.29, 1.82) is 0 Å². The SMILES string of the molecule is COc1cc(CN2CC[C@@](O)(CNC(C)=O)[C@H](O)C2)ccc1OCCN1CCOCC1. The van der Waals surface area contributed by atoms with Gasteiger partial charge in [-0.25, -0.2) is 0 Å². The number of likely N-dealkylation sites (tertiary alicyclic amines) is 1. The molecule has 3 rings (SSSR count). The highest BCUT2D eigenvalue weighted by atomic mass is 16.5. The number of nitrogens with one attached hydrogen (secondary N) is 1. The average Bonchev–Trinajstić information content (AvgIpc) is 2.77. The molecule has 9 nitrogen and oxygen atoms in total. The van der Waals surface area contributed by atoms with Crippen LogP contribution in [0, 0.1) is 0 Å². The molecular formula is C22H35N3O6. The Bertz CT molecular complexity index is 727. The second kappa shape index (κ2) is 11.1. The first-order valence-electron chi connectivity index (χ1n) is 10.9. The monoisotopic (exact) mass is 437 g/mol. The molecule has 2 aliphatic heterocycles. The van der Waals surface area contributed by atoms with Gasteiger partial charge in [0.2, 0.25) is 5.91 Å². The topological polar surface area (TPSA) is 104 Å². The van der Waals surface area contributed by atoms with Crippen molar-refractivity contribution in [3.8, 4) is 11.5 Å². The summed E-state index contributed by atoms with van der Waals surface area (Å²) in [5.41, 5.74) is -0.255. The van der Waals surface area contributed by atoms with Crippen molar-refractivity contribution in [2.45, 2.75) is 31.6 Å². The van der Waals surface area contributed by atoms with Crippen LogP contribution in [-0.4, -0.2) is 104 Å². The van der Waals surface area contributed by atoms with Crippen LogP contribution in [0.15, 0.2) is 18.2 Å². The standard InChI is InChI=1S/C22H35N3O6/c1-17(26)23-16-22(28)5-6-25(15-21(22)27)14-18-3-4-19(20(13-18)29-2)31-12-9-24-7-10-30-11-8-24/h3-4,13,21,27-28H,5-12,14-16H2,1-2H3,(H,23,26)/t21-,22-/m1/s1. The highest BCUT2D eigenvalue weighted by Gasteiger charge is 2.40. The third kappa shape index (κ3) is 6.78. The second-order valence-electron chi connectivity index (χ2n) is 8.30. The van der Waals surface area contributed by atoms with Crippen molar-refractivity contribution in [2.24, 2.45) is 0 Å². The van der Waals surface area contributed by atoms with Gasteiger partial charge in [0.15, 0.2) is 11.5 Å². The maximum Gasteiger partial charge on any atom is 0.216 e. The lowest BCUT2D eigenvalue weighted by atomic mass is 9.88. The van der Waals surface area contributed by atoms with E-state index in [0.29, 0.717) is 44.2 Å². The summed E-state index contributed by atoms with van der Waals surface area (Å²) in [5.74, 6) is 1.17. The number of hydrogen-bond donors (Lipinski definition) is 3. The molecule has 9 heteroatoms. The highest BCUT2D eigenvalue weighted by molar-refractivity contribution is 5.72. The molecule has 0 bridgehead atoms. The molecule has 0 aromatic heterocycles. The number of morpholine rings is 1. The molecule has 1 aromatic rings. The molecule has 31 heavy (non-hydrogen) atoms. The Morgan fingerprint density at radius 3 is 2.71 bits per heavy atom. The number of benzene rings is 1. The fraction of sp³-hybridized carbons (Fsp3) is 0.682. The Kier molecular flexibility index (Phi) is 8.50. The van der Waals surface area contributed by atoms with Gasteiger partial charge in [0.1, 0.15) is 12.2 Å². The molecule has 0 saturated carbocycles. The van der Waals surface area contributed by atoms with Crippen molar-refractivity contribution in [2.75, 3.05) is 66.2 Å². The van der Waals surface area contributed by atoms with Gasteiger partial charge in [0.25, 0.3) is 0 Å². The lowest BCUT2D eigenvalue weighted by Gasteiger charge is -2.42. The van der Waals surface area contributed by atoms with E-state index in [4.69, 9.17) is 14.2 Å². The van der Waals surface area contributed by atoms with E-state index in [0.717, 1.165) is 38.4 Å². The number of carbonyl (C=O) groups excluding carboxylic acids is 1. The minimum absolute atomic E-state index is 0.0572. The van der Waals surface area contributed by atoms with Crippen molar-refractivity contribution < 1.29 is 29.2 Å². The van der Waals surface area contributed by atoms with E-state index in [9.17, 15) is 15.0 Å². The molecule has 0 aliphatic carbocycles. The molecule has 2 aliphatic rings. The van der Waals surface area contributed by atoms with Gasteiger partial charge in [-0.05, 0) is 24.1 Å². The third-order valence-electron chi connectivity index (χ3n) is 5.96. The van der Waals surface area contributed by atoms with Gasteiger partial charge in [-0.3, -0.25) is 14.6 Å². The second-order valence-corrected chi connectivity index (χ2v) is 8.30. The van der Waals surface area contributed by atoms with E-state index in [2.05, 4.69) is 15.1 Å². The van der Waals surface area contributed by atoms with E-state index in [1.54, 1.807) is 7.11 Å². The van der Waals surface area contributed by atoms with Gasteiger partial charge in [-0.15, -0.1) is 0 Å². The molecule has 2 saturated heterocycles. The first-order chi connectivity index (χ1) is 14.9. The molecule has 2 heterocycles. The van der Waals surface area contributed by atoms with E-state index in [-0.39, 0.29) is 12.5 Å². The van der Waals surface area contributed by atoms with Crippen LogP contribution in [0.5, 0.6) is 11.5 Å². The lowest BCUT2D eigenvalue weighted by Crippen LogP contribution is -2.59. The number of piperidine rings is 1. The summed E-state index contributed by atoms with van der Waals surface area (Å²) >= 11 is 0. The van der Waals surface area contributed by atoms with Crippen LogP contribution in [0.1, 0.15) is 18.9 Å². The number of aliphatic hydroxyl groups excluding tert-OH is 1. The molecule has 2 fully saturated rings. The van der Waals surface area contributed by atoms with E-state index in [1.807, 2.05) is 18.2 Å². The van der Waals surface area contributed by atoms with Gasteiger partial charge < -0.3 is 29.7 Å². The number of carbonyl (C=O) groups is 1. The number of rotatable bonds is 9. The van der Waals surface area contributed by atoms with E-state index >= 15 is 0 Å². The normalized spacial score (nSPS) is 25.2. The zero-order chi connectivity index (χ0) is 22.3. The summed E-state index contributed by atoms with van der Waals surface area (Å²) in [6.45, 7) is 7.86. The van der Waals surface area contributed by atoms with Crippen molar-refractivity contribution in [1.82, 2.24) is 15.1 Å². The molecule has 2 atom stereocenters. The van der Waals surface area contributed by atoms with Crippen LogP contribution in [0.3, 0.4) is 0 Å². The molecule has 0 spiro atoms. The predicted octanol–water partition coefficient (Wildman–Crippen LogP) is -0.160. The summed E-state index contributed by atoms with van der Waals surface area (Å²) in [5, 5.41) is 23.7. The van der Waals surface area contributed by atoms with Gasteiger partial charge in [-0.2, -0.15) is 0 Å². The lowest BCUT2D eigenvalue weighted by molar-refractivity contribution is -0.130. The fourth-order valence-electron chi connectivity index (χ4n) is 3.95. The van der Waals surface area contributed by atoms with Crippen LogP contribution in [0.2, 0.25) is 0 Å². The Morgan fingerprint density at radius 2 is 2.03 bits per heavy atom. The molecule has 3 N–H and O–H groups in total. The third-order valence-corrected chi connectivity index (χ3v) is 5.96. The summed E-state index contributed by atoms with van der Waals surface area (Å²) in [4.78, 5) is 15.5. The summed E-state index contributed by atoms with van der Waals surface area (Å²) in [6, 6.07) is 5.87. The highest BCUT2D eigenvalue weighted by Crippen LogP contribution is 2.30. The van der Waals surface area contributed by atoms with E-state index in [1.165, 1.54) is 6.92 Å². The van der Waals surface area contributed by atoms with Crippen molar-refractivity contribution >= 4 is 5.91 Å². The largest absolute Gasteiger partial charge is 0.493 e. The van der Waals surface area contributed by atoms with Crippen LogP contribution >= 0.6 is 0 Å². The number of ether oxygens (including phenoxy) is 3. The summed E-state index contributed by atoms with van der Waals surface area (Å²) in [6.07, 6.45) is -0.549. The number of aliphatic hydroxyl groups is 2. The number of hydrogen-bond acceptors (Lipinski definition) is 8. The zero-order valence-corrected chi connectivity index (χ0v) is 18.5. The zero-order valence-electron chi connectivity index (χ0n) is 18.5. The van der Waals surface area contributed by atoms with Gasteiger partial charge in [0.05, 0.1) is 26.4 Å². The van der Waals surface area contributed by atoms with Crippen LogP contribution in [-0.2, 0) is 16.1 Å². The minimum atomic E-state index is -1.29. The van der Waals surface area contributed by atoms with Gasteiger partial charge >= 0.3 is 0 Å². The fourth-order valence-corrected chi connectivity index (χ4v) is 3.95. The van der Waals surface area contributed by atoms with Crippen LogP contribution < -0.4 is 14.8 Å². The maximum atomic E-state index is 11.1. The summed E-state index contributed by atoms with van der Waals surface area (Å²) in [7, 11) is 1.63. The molecule has 174 valence electrons. The first-order valence-corrected chi connectivity index (χ1v) is 10.9. The summed E-state index contributed by atoms with van der Waals surface area (Å²) < 4.78 is 16.8. The van der Waals surface area contributed by atoms with Crippen LogP contribution in [0.25, 0.3) is 0 Å². The predicted molar refractivity (Wildman–Crippen MR) is 115 cm³/mol.